The van der Waals surface area contributed by atoms with Crippen LogP contribution in [0.2, 0.25) is 0 Å². The lowest BCUT2D eigenvalue weighted by atomic mass is 10.3. The topological polar surface area (TPSA) is 55.1 Å². The molecule has 3 nitrogen and oxygen atoms in total. The molecule has 1 aromatic rings. The highest BCUT2D eigenvalue weighted by atomic mass is 127. The molecule has 0 saturated carbocycles. The Morgan fingerprint density at radius 2 is 2.00 bits per heavy atom. The van der Waals surface area contributed by atoms with E-state index in [1.165, 1.54) is 0 Å². The molecule has 0 saturated heterocycles. The zero-order valence-electron chi connectivity index (χ0n) is 7.09. The maximum atomic E-state index is 11.1. The Morgan fingerprint density at radius 1 is 1.38 bits per heavy atom. The van der Waals surface area contributed by atoms with Crippen molar-refractivity contribution in [2.75, 3.05) is 11.9 Å². The first-order chi connectivity index (χ1) is 6.22. The quantitative estimate of drug-likeness (QED) is 0.830. The monoisotopic (exact) mass is 290 g/mol. The lowest BCUT2D eigenvalue weighted by molar-refractivity contribution is -0.116. The van der Waals surface area contributed by atoms with Crippen molar-refractivity contribution >= 4 is 34.2 Å². The van der Waals surface area contributed by atoms with Crippen LogP contribution >= 0.6 is 22.6 Å². The molecule has 0 fully saturated rings. The number of hydrogen-bond acceptors (Lipinski definition) is 2. The van der Waals surface area contributed by atoms with Gasteiger partial charge in [0.2, 0.25) is 5.91 Å². The smallest absolute Gasteiger partial charge is 0.225 e. The van der Waals surface area contributed by atoms with Gasteiger partial charge in [0, 0.05) is 22.2 Å². The van der Waals surface area contributed by atoms with E-state index in [1.54, 1.807) is 0 Å². The molecule has 13 heavy (non-hydrogen) atoms. The maximum absolute atomic E-state index is 11.1. The summed E-state index contributed by atoms with van der Waals surface area (Å²) in [7, 11) is 0. The lowest BCUT2D eigenvalue weighted by Crippen LogP contribution is -2.15. The second kappa shape index (κ2) is 5.18. The summed E-state index contributed by atoms with van der Waals surface area (Å²) in [4.78, 5) is 11.1. The Hall–Kier alpha value is -0.620. The van der Waals surface area contributed by atoms with Gasteiger partial charge in [0.25, 0.3) is 0 Å². The Morgan fingerprint density at radius 3 is 2.54 bits per heavy atom. The number of anilines is 1. The highest BCUT2D eigenvalue weighted by molar-refractivity contribution is 14.1. The largest absolute Gasteiger partial charge is 0.330 e. The van der Waals surface area contributed by atoms with Crippen LogP contribution in [0.5, 0.6) is 0 Å². The minimum absolute atomic E-state index is 0.0382. The van der Waals surface area contributed by atoms with Crippen molar-refractivity contribution in [1.82, 2.24) is 0 Å². The number of amides is 1. The zero-order valence-corrected chi connectivity index (χ0v) is 9.24. The average Bonchev–Trinajstić information content (AvgIpc) is 2.09. The summed E-state index contributed by atoms with van der Waals surface area (Å²) >= 11 is 2.21. The molecular weight excluding hydrogens is 279 g/mol. The lowest BCUT2D eigenvalue weighted by Gasteiger charge is -2.03. The van der Waals surface area contributed by atoms with Gasteiger partial charge in [-0.3, -0.25) is 4.79 Å². The van der Waals surface area contributed by atoms with Crippen LogP contribution in [0.3, 0.4) is 0 Å². The average molecular weight is 290 g/mol. The fourth-order valence-corrected chi connectivity index (χ4v) is 1.25. The van der Waals surface area contributed by atoms with Crippen molar-refractivity contribution < 1.29 is 4.79 Å². The maximum Gasteiger partial charge on any atom is 0.225 e. The second-order valence-electron chi connectivity index (χ2n) is 2.59. The van der Waals surface area contributed by atoms with Gasteiger partial charge in [-0.15, -0.1) is 0 Å². The predicted molar refractivity (Wildman–Crippen MR) is 61.5 cm³/mol. The van der Waals surface area contributed by atoms with Crippen LogP contribution in [0, 0.1) is 3.57 Å². The van der Waals surface area contributed by atoms with E-state index in [9.17, 15) is 4.79 Å². The number of benzene rings is 1. The number of hydrogen-bond donors (Lipinski definition) is 2. The Balaban J connectivity index is 2.54. The van der Waals surface area contributed by atoms with Crippen molar-refractivity contribution in [3.63, 3.8) is 0 Å². The summed E-state index contributed by atoms with van der Waals surface area (Å²) in [6.45, 7) is 0.385. The number of halogens is 1. The molecule has 0 aromatic heterocycles. The van der Waals surface area contributed by atoms with Gasteiger partial charge in [0.1, 0.15) is 0 Å². The van der Waals surface area contributed by atoms with Crippen LogP contribution in [0.1, 0.15) is 6.42 Å². The molecule has 0 spiro atoms. The van der Waals surface area contributed by atoms with E-state index in [-0.39, 0.29) is 5.91 Å². The fraction of sp³-hybridized carbons (Fsp3) is 0.222. The summed E-state index contributed by atoms with van der Waals surface area (Å²) in [5, 5.41) is 2.75. The van der Waals surface area contributed by atoms with E-state index < -0.39 is 0 Å². The summed E-state index contributed by atoms with van der Waals surface area (Å²) < 4.78 is 1.15. The third-order valence-corrected chi connectivity index (χ3v) is 2.22. The van der Waals surface area contributed by atoms with E-state index >= 15 is 0 Å². The third-order valence-electron chi connectivity index (χ3n) is 1.50. The van der Waals surface area contributed by atoms with Crippen LogP contribution in [-0.4, -0.2) is 12.5 Å². The molecule has 1 amide bonds. The Labute approximate surface area is 90.8 Å². The molecular formula is C9H11IN2O. The fourth-order valence-electron chi connectivity index (χ4n) is 0.888. The van der Waals surface area contributed by atoms with Crippen LogP contribution in [0.4, 0.5) is 5.69 Å². The SMILES string of the molecule is NCCC(=O)Nc1ccc(I)cc1. The zero-order chi connectivity index (χ0) is 9.68. The van der Waals surface area contributed by atoms with Crippen LogP contribution in [-0.2, 0) is 4.79 Å². The predicted octanol–water partition coefficient (Wildman–Crippen LogP) is 1.58. The van der Waals surface area contributed by atoms with Gasteiger partial charge in [-0.25, -0.2) is 0 Å². The molecule has 70 valence electrons. The van der Waals surface area contributed by atoms with E-state index in [0.29, 0.717) is 13.0 Å². The standard InChI is InChI=1S/C9H11IN2O/c10-7-1-3-8(4-2-7)12-9(13)5-6-11/h1-4H,5-6,11H2,(H,12,13). The van der Waals surface area contributed by atoms with Gasteiger partial charge < -0.3 is 11.1 Å². The highest BCUT2D eigenvalue weighted by Gasteiger charge is 1.99. The van der Waals surface area contributed by atoms with Gasteiger partial charge >= 0.3 is 0 Å². The molecule has 0 bridgehead atoms. The molecule has 0 aliphatic carbocycles. The van der Waals surface area contributed by atoms with Crippen molar-refractivity contribution in [2.24, 2.45) is 5.73 Å². The highest BCUT2D eigenvalue weighted by Crippen LogP contribution is 2.10. The van der Waals surface area contributed by atoms with Gasteiger partial charge in [0.15, 0.2) is 0 Å². The van der Waals surface area contributed by atoms with E-state index in [4.69, 9.17) is 5.73 Å². The normalized spacial score (nSPS) is 9.69. The van der Waals surface area contributed by atoms with Crippen molar-refractivity contribution in [2.45, 2.75) is 6.42 Å². The molecule has 0 unspecified atom stereocenters. The summed E-state index contributed by atoms with van der Waals surface area (Å²) in [5.74, 6) is -0.0382. The number of rotatable bonds is 3. The number of nitrogens with one attached hydrogen (secondary N) is 1. The van der Waals surface area contributed by atoms with Crippen molar-refractivity contribution in [3.8, 4) is 0 Å². The first kappa shape index (κ1) is 10.5. The van der Waals surface area contributed by atoms with Gasteiger partial charge in [0.05, 0.1) is 0 Å². The van der Waals surface area contributed by atoms with E-state index in [2.05, 4.69) is 27.9 Å². The first-order valence-corrected chi connectivity index (χ1v) is 5.06. The molecule has 0 heterocycles. The van der Waals surface area contributed by atoms with E-state index in [1.807, 2.05) is 24.3 Å². The van der Waals surface area contributed by atoms with Crippen molar-refractivity contribution in [3.05, 3.63) is 27.8 Å². The summed E-state index contributed by atoms with van der Waals surface area (Å²) in [6.07, 6.45) is 0.367. The minimum Gasteiger partial charge on any atom is -0.330 e. The molecule has 0 aliphatic heterocycles. The molecule has 4 heteroatoms. The Bertz CT molecular complexity index is 284. The Kier molecular flexibility index (Phi) is 4.17. The molecule has 1 aromatic carbocycles. The minimum atomic E-state index is -0.0382. The summed E-state index contributed by atoms with van der Waals surface area (Å²) in [5.41, 5.74) is 6.06. The number of nitrogens with two attached hydrogens (primary N) is 1. The summed E-state index contributed by atoms with van der Waals surface area (Å²) in [6, 6.07) is 7.63. The second-order valence-corrected chi connectivity index (χ2v) is 3.84. The molecule has 0 aliphatic rings. The van der Waals surface area contributed by atoms with Crippen LogP contribution in [0.15, 0.2) is 24.3 Å². The molecule has 1 rings (SSSR count). The van der Waals surface area contributed by atoms with Gasteiger partial charge in [-0.1, -0.05) is 0 Å². The van der Waals surface area contributed by atoms with E-state index in [0.717, 1.165) is 9.26 Å². The molecule has 0 atom stereocenters. The first-order valence-electron chi connectivity index (χ1n) is 3.98. The van der Waals surface area contributed by atoms with Gasteiger partial charge in [-0.05, 0) is 46.9 Å². The van der Waals surface area contributed by atoms with Gasteiger partial charge in [-0.2, -0.15) is 0 Å². The number of carbonyl (C=O) groups is 1. The van der Waals surface area contributed by atoms with Crippen LogP contribution < -0.4 is 11.1 Å². The molecule has 3 N–H and O–H groups in total. The third kappa shape index (κ3) is 3.73. The van der Waals surface area contributed by atoms with Crippen molar-refractivity contribution in [1.29, 1.82) is 0 Å². The molecule has 0 radical (unpaired) electrons. The number of carbonyl (C=O) groups excluding carboxylic acids is 1. The van der Waals surface area contributed by atoms with Crippen LogP contribution in [0.25, 0.3) is 0 Å².